The lowest BCUT2D eigenvalue weighted by Gasteiger charge is -2.15. The highest BCUT2D eigenvalue weighted by atomic mass is 35.5. The minimum absolute atomic E-state index is 0.545. The van der Waals surface area contributed by atoms with Crippen LogP contribution >= 0.6 is 11.6 Å². The van der Waals surface area contributed by atoms with Gasteiger partial charge in [0.2, 0.25) is 0 Å². The zero-order chi connectivity index (χ0) is 11.7. The molecular weight excluding hydrogens is 220 g/mol. The fourth-order valence-electron chi connectivity index (χ4n) is 2.32. The maximum atomic E-state index is 5.91. The topological polar surface area (TPSA) is 6.25 Å². The zero-order valence-electron chi connectivity index (χ0n) is 10.1. The minimum Gasteiger partial charge on any atom is -0.264 e. The van der Waals surface area contributed by atoms with Crippen molar-refractivity contribution in [3.8, 4) is 0 Å². The van der Waals surface area contributed by atoms with Crippen molar-refractivity contribution in [1.82, 2.24) is 0 Å². The zero-order valence-corrected chi connectivity index (χ0v) is 10.8. The molecule has 86 valence electrons. The molecule has 0 bridgehead atoms. The van der Waals surface area contributed by atoms with E-state index in [1.165, 1.54) is 11.5 Å². The maximum absolute atomic E-state index is 5.91. The van der Waals surface area contributed by atoms with Crippen molar-refractivity contribution in [3.63, 3.8) is 0 Å². The lowest BCUT2D eigenvalue weighted by Crippen LogP contribution is -2.32. The SMILES string of the molecule is CC(C)C1=[N+](C)CCN1c1ccc(Cl)cc1. The molecule has 2 rings (SSSR count). The van der Waals surface area contributed by atoms with Gasteiger partial charge in [0.25, 0.3) is 5.84 Å². The van der Waals surface area contributed by atoms with Gasteiger partial charge in [0.1, 0.15) is 18.8 Å². The number of hydrogen-bond acceptors (Lipinski definition) is 1. The predicted molar refractivity (Wildman–Crippen MR) is 69.7 cm³/mol. The van der Waals surface area contributed by atoms with E-state index in [9.17, 15) is 0 Å². The molecule has 1 heterocycles. The second-order valence-electron chi connectivity index (χ2n) is 4.56. The number of rotatable bonds is 2. The highest BCUT2D eigenvalue weighted by Gasteiger charge is 2.32. The molecule has 0 aromatic heterocycles. The van der Waals surface area contributed by atoms with Gasteiger partial charge >= 0.3 is 0 Å². The van der Waals surface area contributed by atoms with Crippen LogP contribution in [0, 0.1) is 5.92 Å². The summed E-state index contributed by atoms with van der Waals surface area (Å²) in [6.45, 7) is 6.63. The van der Waals surface area contributed by atoms with Crippen molar-refractivity contribution >= 4 is 23.1 Å². The Morgan fingerprint density at radius 2 is 1.88 bits per heavy atom. The summed E-state index contributed by atoms with van der Waals surface area (Å²) in [5, 5.41) is 0.794. The van der Waals surface area contributed by atoms with E-state index in [-0.39, 0.29) is 0 Å². The van der Waals surface area contributed by atoms with E-state index in [1.54, 1.807) is 0 Å². The molecule has 1 aromatic carbocycles. The summed E-state index contributed by atoms with van der Waals surface area (Å²) in [5.74, 6) is 1.94. The molecule has 0 saturated heterocycles. The molecule has 3 heteroatoms. The predicted octanol–water partition coefficient (Wildman–Crippen LogP) is 2.86. The Kier molecular flexibility index (Phi) is 3.20. The second kappa shape index (κ2) is 4.46. The molecule has 0 radical (unpaired) electrons. The first-order valence-corrected chi connectivity index (χ1v) is 6.08. The molecule has 0 saturated carbocycles. The van der Waals surface area contributed by atoms with Crippen LogP contribution < -0.4 is 4.90 Å². The smallest absolute Gasteiger partial charge is 0.254 e. The summed E-state index contributed by atoms with van der Waals surface area (Å²) < 4.78 is 2.33. The fourth-order valence-corrected chi connectivity index (χ4v) is 2.45. The molecule has 1 aromatic rings. The molecule has 16 heavy (non-hydrogen) atoms. The number of hydrogen-bond donors (Lipinski definition) is 0. The Bertz CT molecular complexity index is 406. The van der Waals surface area contributed by atoms with E-state index in [0.29, 0.717) is 5.92 Å². The van der Waals surface area contributed by atoms with Crippen molar-refractivity contribution < 1.29 is 4.58 Å². The summed E-state index contributed by atoms with van der Waals surface area (Å²) in [7, 11) is 2.16. The van der Waals surface area contributed by atoms with Gasteiger partial charge in [0.15, 0.2) is 0 Å². The van der Waals surface area contributed by atoms with Gasteiger partial charge in [-0.05, 0) is 24.3 Å². The van der Waals surface area contributed by atoms with Crippen LogP contribution in [0.1, 0.15) is 13.8 Å². The standard InChI is InChI=1S/C13H18ClN2/c1-10(2)13-15(3)8-9-16(13)12-6-4-11(14)5-7-12/h4-7,10H,8-9H2,1-3H3/q+1. The lowest BCUT2D eigenvalue weighted by atomic mass is 10.1. The van der Waals surface area contributed by atoms with E-state index in [2.05, 4.69) is 42.5 Å². The van der Waals surface area contributed by atoms with Gasteiger partial charge in [-0.1, -0.05) is 25.4 Å². The first-order chi connectivity index (χ1) is 7.59. The summed E-state index contributed by atoms with van der Waals surface area (Å²) in [6, 6.07) is 8.08. The summed E-state index contributed by atoms with van der Waals surface area (Å²) in [4.78, 5) is 2.38. The molecule has 1 aliphatic rings. The fraction of sp³-hybridized carbons (Fsp3) is 0.462. The molecule has 2 nitrogen and oxygen atoms in total. The monoisotopic (exact) mass is 237 g/mol. The van der Waals surface area contributed by atoms with Crippen molar-refractivity contribution in [1.29, 1.82) is 0 Å². The van der Waals surface area contributed by atoms with Gasteiger partial charge in [0, 0.05) is 5.02 Å². The molecule has 0 amide bonds. The molecular formula is C13H18ClN2+. The van der Waals surface area contributed by atoms with Gasteiger partial charge in [-0.2, -0.15) is 0 Å². The van der Waals surface area contributed by atoms with Crippen LogP contribution in [0.15, 0.2) is 24.3 Å². The van der Waals surface area contributed by atoms with E-state index in [1.807, 2.05) is 12.1 Å². The van der Waals surface area contributed by atoms with Crippen LogP contribution in [-0.2, 0) is 0 Å². The van der Waals surface area contributed by atoms with Gasteiger partial charge in [0.05, 0.1) is 13.0 Å². The van der Waals surface area contributed by atoms with Crippen LogP contribution in [0.4, 0.5) is 5.69 Å². The normalized spacial score (nSPS) is 16.4. The van der Waals surface area contributed by atoms with E-state index >= 15 is 0 Å². The molecule has 0 unspecified atom stereocenters. The van der Waals surface area contributed by atoms with Crippen LogP contribution in [0.2, 0.25) is 5.02 Å². The van der Waals surface area contributed by atoms with Crippen molar-refractivity contribution in [2.45, 2.75) is 13.8 Å². The molecule has 0 atom stereocenters. The van der Waals surface area contributed by atoms with Crippen LogP contribution in [0.3, 0.4) is 0 Å². The van der Waals surface area contributed by atoms with Gasteiger partial charge in [-0.25, -0.2) is 4.90 Å². The third kappa shape index (κ3) is 2.07. The number of nitrogens with zero attached hydrogens (tertiary/aromatic N) is 2. The Morgan fingerprint density at radius 3 is 2.44 bits per heavy atom. The third-order valence-electron chi connectivity index (χ3n) is 2.98. The Morgan fingerprint density at radius 1 is 1.25 bits per heavy atom. The van der Waals surface area contributed by atoms with Crippen molar-refractivity contribution in [2.75, 3.05) is 25.0 Å². The molecule has 0 fully saturated rings. The number of benzene rings is 1. The third-order valence-corrected chi connectivity index (χ3v) is 3.23. The molecule has 0 spiro atoms. The van der Waals surface area contributed by atoms with E-state index < -0.39 is 0 Å². The van der Waals surface area contributed by atoms with Gasteiger partial charge in [-0.15, -0.1) is 0 Å². The van der Waals surface area contributed by atoms with Crippen molar-refractivity contribution in [3.05, 3.63) is 29.3 Å². The first kappa shape index (κ1) is 11.5. The van der Waals surface area contributed by atoms with E-state index in [0.717, 1.165) is 18.1 Å². The second-order valence-corrected chi connectivity index (χ2v) is 5.00. The molecule has 0 aliphatic carbocycles. The van der Waals surface area contributed by atoms with Crippen LogP contribution in [0.25, 0.3) is 0 Å². The Balaban J connectivity index is 2.32. The van der Waals surface area contributed by atoms with E-state index in [4.69, 9.17) is 11.6 Å². The number of anilines is 1. The quantitative estimate of drug-likeness (QED) is 0.717. The maximum Gasteiger partial charge on any atom is 0.254 e. The average Bonchev–Trinajstić information content (AvgIpc) is 2.61. The Labute approximate surface area is 102 Å². The summed E-state index contributed by atoms with van der Waals surface area (Å²) >= 11 is 5.91. The lowest BCUT2D eigenvalue weighted by molar-refractivity contribution is -0.488. The number of halogens is 1. The highest BCUT2D eigenvalue weighted by molar-refractivity contribution is 6.30. The largest absolute Gasteiger partial charge is 0.264 e. The van der Waals surface area contributed by atoms with Gasteiger partial charge < -0.3 is 0 Å². The summed E-state index contributed by atoms with van der Waals surface area (Å²) in [5.41, 5.74) is 1.23. The molecule has 0 N–H and O–H groups in total. The summed E-state index contributed by atoms with van der Waals surface area (Å²) in [6.07, 6.45) is 0. The number of likely N-dealkylation sites (N-methyl/N-ethyl adjacent to an activating group) is 1. The Hall–Kier alpha value is -1.02. The molecule has 1 aliphatic heterocycles. The number of amidine groups is 1. The van der Waals surface area contributed by atoms with Crippen LogP contribution in [0.5, 0.6) is 0 Å². The van der Waals surface area contributed by atoms with Crippen LogP contribution in [-0.4, -0.2) is 30.5 Å². The van der Waals surface area contributed by atoms with Crippen molar-refractivity contribution in [2.24, 2.45) is 5.92 Å². The highest BCUT2D eigenvalue weighted by Crippen LogP contribution is 2.22. The minimum atomic E-state index is 0.545. The van der Waals surface area contributed by atoms with Gasteiger partial charge in [-0.3, -0.25) is 4.58 Å². The first-order valence-electron chi connectivity index (χ1n) is 5.70. The average molecular weight is 238 g/mol.